The molecule has 0 radical (unpaired) electrons. The van der Waals surface area contributed by atoms with Gasteiger partial charge in [-0.15, -0.1) is 0 Å². The summed E-state index contributed by atoms with van der Waals surface area (Å²) >= 11 is 0. The van der Waals surface area contributed by atoms with Crippen LogP contribution in [-0.4, -0.2) is 33.2 Å². The summed E-state index contributed by atoms with van der Waals surface area (Å²) in [6.07, 6.45) is 5.26. The number of benzene rings is 3. The fourth-order valence-electron chi connectivity index (χ4n) is 5.21. The molecule has 0 spiro atoms. The van der Waals surface area contributed by atoms with Gasteiger partial charge in [0.1, 0.15) is 5.69 Å². The predicted molar refractivity (Wildman–Crippen MR) is 153 cm³/mol. The van der Waals surface area contributed by atoms with Crippen LogP contribution in [0.5, 0.6) is 0 Å². The van der Waals surface area contributed by atoms with E-state index < -0.39 is 11.6 Å². The first-order chi connectivity index (χ1) is 19.0. The van der Waals surface area contributed by atoms with Crippen molar-refractivity contribution in [1.29, 1.82) is 0 Å². The van der Waals surface area contributed by atoms with E-state index in [4.69, 9.17) is 0 Å². The molecule has 0 bridgehead atoms. The number of piperidine rings is 1. The number of pyridine rings is 1. The number of halogens is 2. The molecule has 39 heavy (non-hydrogen) atoms. The van der Waals surface area contributed by atoms with Crippen LogP contribution in [-0.2, 0) is 6.54 Å². The Bertz CT molecular complexity index is 1620. The predicted octanol–water partition coefficient (Wildman–Crippen LogP) is 7.64. The number of hydrogen-bond donors (Lipinski definition) is 2. The zero-order valence-corrected chi connectivity index (χ0v) is 21.6. The molecule has 5 aromatic rings. The van der Waals surface area contributed by atoms with Crippen LogP contribution in [0.25, 0.3) is 39.0 Å². The molecule has 0 atom stereocenters. The summed E-state index contributed by atoms with van der Waals surface area (Å²) in [6, 6.07) is 22.4. The molecule has 0 amide bonds. The second kappa shape index (κ2) is 10.8. The lowest BCUT2D eigenvalue weighted by atomic mass is 9.99. The summed E-state index contributed by atoms with van der Waals surface area (Å²) in [7, 11) is 0. The minimum atomic E-state index is -0.844. The van der Waals surface area contributed by atoms with Crippen LogP contribution in [0.2, 0.25) is 0 Å². The third-order valence-corrected chi connectivity index (χ3v) is 7.23. The first-order valence-electron chi connectivity index (χ1n) is 13.2. The third-order valence-electron chi connectivity index (χ3n) is 7.23. The first-order valence-corrected chi connectivity index (χ1v) is 13.2. The third kappa shape index (κ3) is 5.31. The minimum absolute atomic E-state index is 0.246. The molecule has 0 unspecified atom stereocenters. The molecule has 1 aliphatic rings. The van der Waals surface area contributed by atoms with Crippen molar-refractivity contribution in [1.82, 2.24) is 20.1 Å². The summed E-state index contributed by atoms with van der Waals surface area (Å²) in [6.45, 7) is 6.76. The highest BCUT2D eigenvalue weighted by molar-refractivity contribution is 5.95. The van der Waals surface area contributed by atoms with Crippen LogP contribution in [0.15, 0.2) is 85.6 Å². The topological polar surface area (TPSA) is 56.8 Å². The van der Waals surface area contributed by atoms with Gasteiger partial charge in [-0.05, 0) is 73.5 Å². The van der Waals surface area contributed by atoms with Gasteiger partial charge in [-0.3, -0.25) is 15.0 Å². The molecule has 2 aromatic heterocycles. The molecule has 0 saturated carbocycles. The van der Waals surface area contributed by atoms with Crippen molar-refractivity contribution in [2.45, 2.75) is 25.8 Å². The number of hydrogen-bond acceptors (Lipinski definition) is 4. The molecule has 3 aromatic carbocycles. The molecular weight excluding hydrogens is 492 g/mol. The highest BCUT2D eigenvalue weighted by atomic mass is 19.2. The average molecular weight is 522 g/mol. The minimum Gasteiger partial charge on any atom is -0.353 e. The number of anilines is 1. The summed E-state index contributed by atoms with van der Waals surface area (Å²) < 4.78 is 29.7. The Balaban J connectivity index is 1.26. The largest absolute Gasteiger partial charge is 0.353 e. The van der Waals surface area contributed by atoms with Gasteiger partial charge in [0.15, 0.2) is 11.6 Å². The van der Waals surface area contributed by atoms with E-state index in [-0.39, 0.29) is 5.56 Å². The SMILES string of the molecule is C=C(Nc1ccc(-c2ccccc2)nc1)c1n[nH]c2ccc(-c3cc(CN4CCCCC4)cc(F)c3F)cc12. The van der Waals surface area contributed by atoms with Crippen LogP contribution < -0.4 is 5.32 Å². The fraction of sp³-hybridized carbons (Fsp3) is 0.188. The van der Waals surface area contributed by atoms with Crippen LogP contribution in [0.4, 0.5) is 14.5 Å². The molecule has 1 aliphatic heterocycles. The lowest BCUT2D eigenvalue weighted by Crippen LogP contribution is -2.29. The normalized spacial score (nSPS) is 14.0. The Kier molecular flexibility index (Phi) is 6.90. The molecule has 7 heteroatoms. The number of aromatic nitrogens is 3. The highest BCUT2D eigenvalue weighted by Gasteiger charge is 2.18. The number of aromatic amines is 1. The maximum absolute atomic E-state index is 15.0. The second-order valence-corrected chi connectivity index (χ2v) is 10.0. The lowest BCUT2D eigenvalue weighted by molar-refractivity contribution is 0.220. The van der Waals surface area contributed by atoms with Gasteiger partial charge in [0.2, 0.25) is 0 Å². The van der Waals surface area contributed by atoms with Gasteiger partial charge in [0.05, 0.1) is 28.8 Å². The number of nitrogens with zero attached hydrogens (tertiary/aromatic N) is 3. The van der Waals surface area contributed by atoms with E-state index in [0.717, 1.165) is 59.3 Å². The van der Waals surface area contributed by atoms with Crippen molar-refractivity contribution in [3.8, 4) is 22.4 Å². The van der Waals surface area contributed by atoms with E-state index in [1.807, 2.05) is 54.6 Å². The van der Waals surface area contributed by atoms with E-state index in [1.54, 1.807) is 18.3 Å². The summed E-state index contributed by atoms with van der Waals surface area (Å²) in [5.74, 6) is -1.67. The monoisotopic (exact) mass is 521 g/mol. The standard InChI is InChI=1S/C32H29F2N5/c1-21(36-25-11-13-29(35-19-25)23-8-4-2-5-9-23)32-27-18-24(10-12-30(27)37-38-32)26-16-22(17-28(33)31(26)34)20-39-14-6-3-7-15-39/h2,4-5,8-13,16-19,36H,1,3,6-7,14-15,20H2,(H,37,38). The van der Waals surface area contributed by atoms with Gasteiger partial charge >= 0.3 is 0 Å². The van der Waals surface area contributed by atoms with Crippen LogP contribution >= 0.6 is 0 Å². The molecular formula is C32H29F2N5. The van der Waals surface area contributed by atoms with Crippen molar-refractivity contribution >= 4 is 22.3 Å². The Hall–Kier alpha value is -4.36. The molecule has 5 nitrogen and oxygen atoms in total. The molecule has 0 aliphatic carbocycles. The maximum Gasteiger partial charge on any atom is 0.166 e. The van der Waals surface area contributed by atoms with Gasteiger partial charge < -0.3 is 5.32 Å². The molecule has 1 saturated heterocycles. The maximum atomic E-state index is 15.0. The average Bonchev–Trinajstić information content (AvgIpc) is 3.40. The fourth-order valence-corrected chi connectivity index (χ4v) is 5.21. The van der Waals surface area contributed by atoms with E-state index in [0.29, 0.717) is 23.5 Å². The van der Waals surface area contributed by atoms with E-state index in [1.165, 1.54) is 12.5 Å². The molecule has 196 valence electrons. The number of likely N-dealkylation sites (tertiary alicyclic amines) is 1. The van der Waals surface area contributed by atoms with Gasteiger partial charge in [-0.2, -0.15) is 5.10 Å². The number of fused-ring (bicyclic) bond motifs is 1. The van der Waals surface area contributed by atoms with Gasteiger partial charge in [-0.1, -0.05) is 49.4 Å². The van der Waals surface area contributed by atoms with Crippen molar-refractivity contribution in [2.75, 3.05) is 18.4 Å². The summed E-state index contributed by atoms with van der Waals surface area (Å²) in [4.78, 5) is 6.85. The van der Waals surface area contributed by atoms with Crippen LogP contribution in [0.1, 0.15) is 30.5 Å². The van der Waals surface area contributed by atoms with Crippen LogP contribution in [0, 0.1) is 11.6 Å². The lowest BCUT2D eigenvalue weighted by Gasteiger charge is -2.26. The second-order valence-electron chi connectivity index (χ2n) is 10.0. The van der Waals surface area contributed by atoms with E-state index >= 15 is 4.39 Å². The Morgan fingerprint density at radius 1 is 0.923 bits per heavy atom. The van der Waals surface area contributed by atoms with E-state index in [2.05, 4.69) is 32.0 Å². The summed E-state index contributed by atoms with van der Waals surface area (Å²) in [5.41, 5.74) is 6.23. The molecule has 1 fully saturated rings. The Morgan fingerprint density at radius 3 is 2.51 bits per heavy atom. The number of H-pyrrole nitrogens is 1. The molecule has 3 heterocycles. The van der Waals surface area contributed by atoms with Crippen molar-refractivity contribution in [3.05, 3.63) is 108 Å². The Labute approximate surface area is 226 Å². The van der Waals surface area contributed by atoms with Crippen molar-refractivity contribution in [3.63, 3.8) is 0 Å². The number of nitrogens with one attached hydrogen (secondary N) is 2. The zero-order valence-electron chi connectivity index (χ0n) is 21.6. The van der Waals surface area contributed by atoms with Crippen molar-refractivity contribution in [2.24, 2.45) is 0 Å². The summed E-state index contributed by atoms with van der Waals surface area (Å²) in [5, 5.41) is 11.5. The molecule has 6 rings (SSSR count). The van der Waals surface area contributed by atoms with Crippen molar-refractivity contribution < 1.29 is 8.78 Å². The molecule has 2 N–H and O–H groups in total. The van der Waals surface area contributed by atoms with Crippen LogP contribution in [0.3, 0.4) is 0 Å². The van der Waals surface area contributed by atoms with E-state index in [9.17, 15) is 4.39 Å². The van der Waals surface area contributed by atoms with Gasteiger partial charge in [-0.25, -0.2) is 8.78 Å². The smallest absolute Gasteiger partial charge is 0.166 e. The van der Waals surface area contributed by atoms with Gasteiger partial charge in [0, 0.05) is 23.1 Å². The van der Waals surface area contributed by atoms with Gasteiger partial charge in [0.25, 0.3) is 0 Å². The quantitative estimate of drug-likeness (QED) is 0.231. The first kappa shape index (κ1) is 24.9. The zero-order chi connectivity index (χ0) is 26.8. The number of rotatable bonds is 7. The Morgan fingerprint density at radius 2 is 1.74 bits per heavy atom. The highest BCUT2D eigenvalue weighted by Crippen LogP contribution is 2.32.